The van der Waals surface area contributed by atoms with Crippen LogP contribution in [0.4, 0.5) is 0 Å². The zero-order valence-electron chi connectivity index (χ0n) is 17.1. The van der Waals surface area contributed by atoms with Crippen molar-refractivity contribution < 1.29 is 60.3 Å². The number of ether oxygens (including phenoxy) is 5. The number of rotatable bonds is 9. The fourth-order valence-electron chi connectivity index (χ4n) is 2.62. The second kappa shape index (κ2) is 11.0. The van der Waals surface area contributed by atoms with Gasteiger partial charge in [0.15, 0.2) is 24.1 Å². The molecule has 0 aromatic heterocycles. The Labute approximate surface area is 177 Å². The molecule has 2 N–H and O–H groups in total. The van der Waals surface area contributed by atoms with Crippen LogP contribution in [0.1, 0.15) is 27.7 Å². The van der Waals surface area contributed by atoms with Crippen LogP contribution in [0.2, 0.25) is 0 Å². The molecule has 1 aliphatic heterocycles. The smallest absolute Gasteiger partial charge is 0.303 e. The van der Waals surface area contributed by atoms with Crippen molar-refractivity contribution in [2.75, 3.05) is 12.4 Å². The Morgan fingerprint density at radius 1 is 0.806 bits per heavy atom. The lowest BCUT2D eigenvalue weighted by Gasteiger charge is -2.43. The van der Waals surface area contributed by atoms with E-state index in [0.29, 0.717) is 0 Å². The number of esters is 4. The molecule has 14 nitrogen and oxygen atoms in total. The summed E-state index contributed by atoms with van der Waals surface area (Å²) in [4.78, 5) is 57.0. The van der Waals surface area contributed by atoms with Gasteiger partial charge in [0.05, 0.1) is 0 Å². The highest BCUT2D eigenvalue weighted by molar-refractivity contribution is 7.87. The van der Waals surface area contributed by atoms with Crippen LogP contribution in [0.5, 0.6) is 0 Å². The molecule has 0 saturated carbocycles. The molecule has 0 spiro atoms. The van der Waals surface area contributed by atoms with Crippen LogP contribution in [-0.4, -0.2) is 81.3 Å². The number of hydrogen-bond acceptors (Lipinski definition) is 13. The number of carbonyl (C=O) groups is 5. The quantitative estimate of drug-likeness (QED) is 0.219. The van der Waals surface area contributed by atoms with Gasteiger partial charge in [0.25, 0.3) is 10.1 Å². The molecule has 5 atom stereocenters. The molecule has 31 heavy (non-hydrogen) atoms. The van der Waals surface area contributed by atoms with Gasteiger partial charge in [0.2, 0.25) is 12.2 Å². The summed E-state index contributed by atoms with van der Waals surface area (Å²) in [5.41, 5.74) is 4.87. The monoisotopic (exact) mass is 469 g/mol. The molecule has 0 radical (unpaired) electrons. The average molecular weight is 469 g/mol. The van der Waals surface area contributed by atoms with Gasteiger partial charge in [-0.2, -0.15) is 8.42 Å². The lowest BCUT2D eigenvalue weighted by Crippen LogP contribution is -2.63. The molecular weight excluding hydrogens is 446 g/mol. The Morgan fingerprint density at radius 3 is 1.74 bits per heavy atom. The molecule has 1 heterocycles. The minimum Gasteiger partial charge on any atom is -0.463 e. The van der Waals surface area contributed by atoms with Crippen molar-refractivity contribution in [3.8, 4) is 0 Å². The summed E-state index contributed by atoms with van der Waals surface area (Å²) in [5, 5.41) is 0. The van der Waals surface area contributed by atoms with Gasteiger partial charge in [-0.15, -0.1) is 0 Å². The Kier molecular flexibility index (Phi) is 9.33. The van der Waals surface area contributed by atoms with Crippen molar-refractivity contribution in [2.24, 2.45) is 5.73 Å². The molecule has 0 aromatic rings. The van der Waals surface area contributed by atoms with Crippen molar-refractivity contribution in [3.05, 3.63) is 0 Å². The third kappa shape index (κ3) is 8.85. The van der Waals surface area contributed by atoms with Gasteiger partial charge in [0, 0.05) is 27.7 Å². The zero-order valence-corrected chi connectivity index (χ0v) is 17.9. The molecule has 0 unspecified atom stereocenters. The first-order valence-corrected chi connectivity index (χ1v) is 10.3. The standard InChI is InChI=1S/C16H23NO13S/c1-7(18)25-5-11-13(26-8(2)19)14(27-9(3)20)15(28-10(4)21)16(29-11)30-31(23,24)6-12(17)22/h11,13-16H,5-6H2,1-4H3,(H2,17,22)/t11-,13-,14+,15+,16-/m1/s1. The first-order chi connectivity index (χ1) is 14.2. The topological polar surface area (TPSA) is 201 Å². The maximum absolute atomic E-state index is 12.1. The largest absolute Gasteiger partial charge is 0.463 e. The Hall–Kier alpha value is -2.78. The number of primary amides is 1. The van der Waals surface area contributed by atoms with E-state index in [0.717, 1.165) is 27.7 Å². The highest BCUT2D eigenvalue weighted by Crippen LogP contribution is 2.30. The minimum absolute atomic E-state index is 0.576. The van der Waals surface area contributed by atoms with Crippen LogP contribution in [0, 0.1) is 0 Å². The van der Waals surface area contributed by atoms with Gasteiger partial charge < -0.3 is 29.4 Å². The lowest BCUT2D eigenvalue weighted by atomic mass is 9.98. The maximum Gasteiger partial charge on any atom is 0.303 e. The van der Waals surface area contributed by atoms with Gasteiger partial charge in [-0.05, 0) is 0 Å². The number of hydrogen-bond donors (Lipinski definition) is 1. The molecule has 1 amide bonds. The van der Waals surface area contributed by atoms with Crippen molar-refractivity contribution in [3.63, 3.8) is 0 Å². The van der Waals surface area contributed by atoms with Crippen LogP contribution in [-0.2, 0) is 62.0 Å². The zero-order chi connectivity index (χ0) is 23.9. The number of carbonyl (C=O) groups excluding carboxylic acids is 5. The van der Waals surface area contributed by atoms with Gasteiger partial charge >= 0.3 is 23.9 Å². The van der Waals surface area contributed by atoms with E-state index in [4.69, 9.17) is 33.6 Å². The molecule has 176 valence electrons. The highest BCUT2D eigenvalue weighted by Gasteiger charge is 2.54. The number of nitrogens with two attached hydrogens (primary N) is 1. The predicted octanol–water partition coefficient (Wildman–Crippen LogP) is -2.10. The SMILES string of the molecule is CC(=O)OC[C@H]1O[C@H](OS(=O)(=O)CC(N)=O)[C@@H](OC(C)=O)[C@@H](OC(C)=O)[C@@H]1OC(C)=O. The van der Waals surface area contributed by atoms with Crippen molar-refractivity contribution in [1.82, 2.24) is 0 Å². The van der Waals surface area contributed by atoms with Gasteiger partial charge in [0.1, 0.15) is 12.7 Å². The van der Waals surface area contributed by atoms with E-state index in [2.05, 4.69) is 0 Å². The molecule has 1 aliphatic rings. The number of amides is 1. The predicted molar refractivity (Wildman–Crippen MR) is 96.0 cm³/mol. The van der Waals surface area contributed by atoms with E-state index in [9.17, 15) is 32.4 Å². The molecule has 1 fully saturated rings. The van der Waals surface area contributed by atoms with Crippen molar-refractivity contribution >= 4 is 39.9 Å². The molecule has 0 aliphatic carbocycles. The van der Waals surface area contributed by atoms with Crippen LogP contribution in [0.25, 0.3) is 0 Å². The highest BCUT2D eigenvalue weighted by atomic mass is 32.2. The summed E-state index contributed by atoms with van der Waals surface area (Å²) >= 11 is 0. The first kappa shape index (κ1) is 26.3. The molecule has 15 heteroatoms. The fraction of sp³-hybridized carbons (Fsp3) is 0.688. The summed E-state index contributed by atoms with van der Waals surface area (Å²) in [6.07, 6.45) is -8.22. The second-order valence-corrected chi connectivity index (χ2v) is 7.93. The van der Waals surface area contributed by atoms with Crippen molar-refractivity contribution in [2.45, 2.75) is 58.4 Å². The van der Waals surface area contributed by atoms with Crippen LogP contribution in [0.15, 0.2) is 0 Å². The normalized spacial score (nSPS) is 25.7. The van der Waals surface area contributed by atoms with E-state index in [1.165, 1.54) is 0 Å². The fourth-order valence-corrected chi connectivity index (χ4v) is 3.48. The Balaban J connectivity index is 3.42. The van der Waals surface area contributed by atoms with E-state index in [1.54, 1.807) is 0 Å². The Bertz CT molecular complexity index is 823. The summed E-state index contributed by atoms with van der Waals surface area (Å²) in [6.45, 7) is 3.47. The molecule has 1 rings (SSSR count). The van der Waals surface area contributed by atoms with Gasteiger partial charge in [-0.25, -0.2) is 4.18 Å². The summed E-state index contributed by atoms with van der Waals surface area (Å²) in [6, 6.07) is 0. The van der Waals surface area contributed by atoms with Gasteiger partial charge in [-0.3, -0.25) is 24.0 Å². The van der Waals surface area contributed by atoms with E-state index in [-0.39, 0.29) is 0 Å². The van der Waals surface area contributed by atoms with Crippen LogP contribution >= 0.6 is 0 Å². The van der Waals surface area contributed by atoms with Crippen LogP contribution in [0.3, 0.4) is 0 Å². The van der Waals surface area contributed by atoms with Crippen molar-refractivity contribution in [1.29, 1.82) is 0 Å². The molecule has 0 bridgehead atoms. The second-order valence-electron chi connectivity index (χ2n) is 6.33. The van der Waals surface area contributed by atoms with E-state index < -0.39 is 83.0 Å². The van der Waals surface area contributed by atoms with E-state index in [1.807, 2.05) is 0 Å². The summed E-state index contributed by atoms with van der Waals surface area (Å²) in [7, 11) is -4.64. The third-order valence-corrected chi connectivity index (χ3v) is 4.63. The minimum atomic E-state index is -4.64. The molecular formula is C16H23NO13S. The molecule has 0 aromatic carbocycles. The summed E-state index contributed by atoms with van der Waals surface area (Å²) in [5.74, 6) is -5.96. The lowest BCUT2D eigenvalue weighted by molar-refractivity contribution is -0.287. The van der Waals surface area contributed by atoms with Crippen LogP contribution < -0.4 is 5.73 Å². The maximum atomic E-state index is 12.1. The Morgan fingerprint density at radius 2 is 1.29 bits per heavy atom. The molecule has 1 saturated heterocycles. The van der Waals surface area contributed by atoms with E-state index >= 15 is 0 Å². The van der Waals surface area contributed by atoms with Gasteiger partial charge in [-0.1, -0.05) is 0 Å². The summed E-state index contributed by atoms with van der Waals surface area (Å²) < 4.78 is 54.4. The first-order valence-electron chi connectivity index (χ1n) is 8.71. The average Bonchev–Trinajstić information content (AvgIpc) is 2.55. The third-order valence-electron chi connectivity index (χ3n) is 3.51.